The van der Waals surface area contributed by atoms with Crippen molar-refractivity contribution in [2.24, 2.45) is 0 Å². The van der Waals surface area contributed by atoms with E-state index in [2.05, 4.69) is 26.0 Å². The molecule has 2 heterocycles. The van der Waals surface area contributed by atoms with Crippen molar-refractivity contribution >= 4 is 18.8 Å². The van der Waals surface area contributed by atoms with Crippen LogP contribution in [0.4, 0.5) is 8.78 Å². The number of halogens is 2. The van der Waals surface area contributed by atoms with Gasteiger partial charge >= 0.3 is 7.60 Å². The Morgan fingerprint density at radius 1 is 1.45 bits per heavy atom. The largest absolute Gasteiger partial charge is 0.369 e. The number of nitrogens with zero attached hydrogens (tertiary/aromatic N) is 4. The van der Waals surface area contributed by atoms with Crippen molar-refractivity contribution in [3.05, 3.63) is 18.3 Å². The van der Waals surface area contributed by atoms with Crippen molar-refractivity contribution in [3.63, 3.8) is 0 Å². The molecule has 8 nitrogen and oxygen atoms in total. The van der Waals surface area contributed by atoms with E-state index in [9.17, 15) is 13.3 Å². The van der Waals surface area contributed by atoms with Gasteiger partial charge in [0.2, 0.25) is 0 Å². The molecule has 0 aliphatic heterocycles. The number of alkyl halides is 2. The van der Waals surface area contributed by atoms with Crippen LogP contribution >= 0.6 is 7.60 Å². The van der Waals surface area contributed by atoms with E-state index in [1.165, 1.54) is 6.33 Å². The molecule has 119 valence electrons. The van der Waals surface area contributed by atoms with E-state index in [0.717, 1.165) is 4.57 Å². The summed E-state index contributed by atoms with van der Waals surface area (Å²) in [5, 5.41) is 0. The summed E-state index contributed by atoms with van der Waals surface area (Å²) in [7, 11) is -4.47. The van der Waals surface area contributed by atoms with E-state index >= 15 is 0 Å². The van der Waals surface area contributed by atoms with Gasteiger partial charge in [0.15, 0.2) is 0 Å². The van der Waals surface area contributed by atoms with E-state index in [4.69, 9.17) is 9.79 Å². The average Bonchev–Trinajstić information content (AvgIpc) is 2.71. The summed E-state index contributed by atoms with van der Waals surface area (Å²) >= 11 is 0. The zero-order valence-corrected chi connectivity index (χ0v) is 15.2. The summed E-state index contributed by atoms with van der Waals surface area (Å²) in [5.74, 6) is -3.33. The van der Waals surface area contributed by atoms with Crippen molar-refractivity contribution < 1.29 is 60.6 Å². The first kappa shape index (κ1) is 19.7. The third-order valence-corrected chi connectivity index (χ3v) is 3.02. The van der Waals surface area contributed by atoms with Crippen molar-refractivity contribution in [1.29, 1.82) is 0 Å². The van der Waals surface area contributed by atoms with Crippen molar-refractivity contribution in [2.45, 2.75) is 19.4 Å². The molecular weight excluding hydrogens is 398 g/mol. The van der Waals surface area contributed by atoms with Crippen molar-refractivity contribution in [3.8, 4) is 0 Å². The van der Waals surface area contributed by atoms with Gasteiger partial charge in [0.25, 0.3) is 5.92 Å². The molecule has 0 bridgehead atoms. The van der Waals surface area contributed by atoms with Gasteiger partial charge in [-0.3, -0.25) is 9.55 Å². The summed E-state index contributed by atoms with van der Waals surface area (Å²) in [4.78, 5) is 28.6. The molecule has 2 N–H and O–H groups in total. The SMILES string of the molecule is Cc1n[c-]nc2c1ncn2CC(F)(F)COCP(=O)(O)O.[Y]. The molecule has 0 aliphatic rings. The molecular formula is C10H12F2N4O4PY-. The molecule has 0 saturated carbocycles. The summed E-state index contributed by atoms with van der Waals surface area (Å²) in [6.45, 7) is -0.250. The van der Waals surface area contributed by atoms with E-state index in [0.29, 0.717) is 11.2 Å². The molecule has 0 aliphatic carbocycles. The predicted molar refractivity (Wildman–Crippen MR) is 66.7 cm³/mol. The maximum Gasteiger partial charge on any atom is 0.350 e. The van der Waals surface area contributed by atoms with Gasteiger partial charge in [-0.2, -0.15) is 0 Å². The maximum atomic E-state index is 13.7. The zero-order chi connectivity index (χ0) is 15.7. The first-order valence-corrected chi connectivity index (χ1v) is 7.53. The Kier molecular flexibility index (Phi) is 6.67. The normalized spacial score (nSPS) is 12.4. The summed E-state index contributed by atoms with van der Waals surface area (Å²) in [6.07, 6.45) is 2.48. The number of rotatable bonds is 6. The molecule has 2 aromatic heterocycles. The molecule has 0 fully saturated rings. The molecule has 0 saturated heterocycles. The van der Waals surface area contributed by atoms with Gasteiger partial charge in [0.1, 0.15) is 13.0 Å². The fourth-order valence-electron chi connectivity index (χ4n) is 1.67. The molecule has 1 radical (unpaired) electrons. The van der Waals surface area contributed by atoms with Gasteiger partial charge in [-0.05, 0) is 5.69 Å². The molecule has 2 aromatic rings. The zero-order valence-electron chi connectivity index (χ0n) is 11.5. The quantitative estimate of drug-likeness (QED) is 0.534. The Hall–Kier alpha value is -0.376. The Morgan fingerprint density at radius 2 is 2.14 bits per heavy atom. The molecule has 22 heavy (non-hydrogen) atoms. The maximum absolute atomic E-state index is 13.7. The molecule has 0 amide bonds. The monoisotopic (exact) mass is 410 g/mol. The second kappa shape index (κ2) is 7.46. The summed E-state index contributed by atoms with van der Waals surface area (Å²) in [6, 6.07) is 0. The molecule has 0 unspecified atom stereocenters. The Labute approximate surface area is 149 Å². The van der Waals surface area contributed by atoms with Crippen LogP contribution < -0.4 is 0 Å². The van der Waals surface area contributed by atoms with Crippen LogP contribution in [0, 0.1) is 13.3 Å². The number of hydrogen-bond donors (Lipinski definition) is 2. The van der Waals surface area contributed by atoms with E-state index in [1.54, 1.807) is 6.92 Å². The van der Waals surface area contributed by atoms with Gasteiger partial charge in [0.05, 0.1) is 12.9 Å². The average molecular weight is 410 g/mol. The third-order valence-electron chi connectivity index (χ3n) is 2.50. The van der Waals surface area contributed by atoms with E-state index < -0.39 is 33.0 Å². The van der Waals surface area contributed by atoms with Crippen LogP contribution in [-0.4, -0.2) is 48.2 Å². The van der Waals surface area contributed by atoms with Crippen molar-refractivity contribution in [1.82, 2.24) is 19.5 Å². The standard InChI is InChI=1S/C10H12F2N4O4P.Y/c1-7-8-9(14-4-13-7)16(5-15-8)2-10(11,12)3-20-6-21(17,18)19;/h5H,2-3,6H2,1H3,(H2,17,18,19);/q-1;. The van der Waals surface area contributed by atoms with E-state index in [1.807, 2.05) is 0 Å². The molecule has 0 aromatic carbocycles. The summed E-state index contributed by atoms with van der Waals surface area (Å²) in [5.41, 5.74) is 1.11. The minimum Gasteiger partial charge on any atom is -0.369 e. The number of hydrogen-bond acceptors (Lipinski definition) is 5. The van der Waals surface area contributed by atoms with Crippen molar-refractivity contribution in [2.75, 3.05) is 13.0 Å². The third kappa shape index (κ3) is 5.36. The minimum absolute atomic E-state index is 0. The number of ether oxygens (including phenoxy) is 1. The van der Waals surface area contributed by atoms with Crippen LogP contribution in [0.3, 0.4) is 0 Å². The van der Waals surface area contributed by atoms with Crippen LogP contribution in [-0.2, 0) is 48.6 Å². The number of aryl methyl sites for hydroxylation is 1. The second-order valence-electron chi connectivity index (χ2n) is 4.45. The summed E-state index contributed by atoms with van der Waals surface area (Å²) < 4.78 is 43.4. The Balaban J connectivity index is 0.00000242. The number of aromatic nitrogens is 4. The molecule has 2 rings (SSSR count). The first-order chi connectivity index (χ1) is 9.68. The van der Waals surface area contributed by atoms with Crippen LogP contribution in [0.5, 0.6) is 0 Å². The fourth-order valence-corrected chi connectivity index (χ4v) is 2.00. The van der Waals surface area contributed by atoms with Crippen LogP contribution in [0.15, 0.2) is 6.33 Å². The minimum atomic E-state index is -4.47. The molecule has 0 atom stereocenters. The van der Waals surface area contributed by atoms with Crippen LogP contribution in [0.1, 0.15) is 5.69 Å². The Morgan fingerprint density at radius 3 is 2.77 bits per heavy atom. The Bertz CT molecular complexity index is 693. The predicted octanol–water partition coefficient (Wildman–Crippen LogP) is 0.720. The fraction of sp³-hybridized carbons (Fsp3) is 0.500. The van der Waals surface area contributed by atoms with Gasteiger partial charge in [-0.15, -0.1) is 0 Å². The van der Waals surface area contributed by atoms with E-state index in [-0.39, 0.29) is 38.4 Å². The topological polar surface area (TPSA) is 110 Å². The van der Waals surface area contributed by atoms with Gasteiger partial charge in [0, 0.05) is 50.2 Å². The second-order valence-corrected chi connectivity index (χ2v) is 6.04. The van der Waals surface area contributed by atoms with Gasteiger partial charge in [-0.25, -0.2) is 8.78 Å². The van der Waals surface area contributed by atoms with Gasteiger partial charge in [-0.1, -0.05) is 6.92 Å². The first-order valence-electron chi connectivity index (χ1n) is 5.74. The number of fused-ring (bicyclic) bond motifs is 1. The molecule has 0 spiro atoms. The van der Waals surface area contributed by atoms with Crippen LogP contribution in [0.2, 0.25) is 0 Å². The smallest absolute Gasteiger partial charge is 0.350 e. The molecule has 12 heteroatoms. The van der Waals surface area contributed by atoms with Gasteiger partial charge < -0.3 is 29.1 Å². The van der Waals surface area contributed by atoms with Crippen LogP contribution in [0.25, 0.3) is 11.2 Å². The number of imidazole rings is 1.